The number of nitrogens with zero attached hydrogens (tertiary/aromatic N) is 2. The molecular formula is C5H4F3IN2O2S. The van der Waals surface area contributed by atoms with E-state index in [0.717, 1.165) is 6.20 Å². The van der Waals surface area contributed by atoms with Crippen molar-refractivity contribution in [3.63, 3.8) is 0 Å². The zero-order valence-corrected chi connectivity index (χ0v) is 9.68. The highest BCUT2D eigenvalue weighted by molar-refractivity contribution is 14.1. The van der Waals surface area contributed by atoms with Gasteiger partial charge in [-0.3, -0.25) is 0 Å². The van der Waals surface area contributed by atoms with E-state index in [-0.39, 0.29) is 7.79 Å². The van der Waals surface area contributed by atoms with Gasteiger partial charge in [0.15, 0.2) is 0 Å². The average Bonchev–Trinajstić information content (AvgIpc) is 2.30. The molecule has 0 fully saturated rings. The van der Waals surface area contributed by atoms with E-state index in [4.69, 9.17) is 0 Å². The zero-order chi connectivity index (χ0) is 11.1. The monoisotopic (exact) mass is 340 g/mol. The zero-order valence-electron chi connectivity index (χ0n) is 6.71. The second-order valence-electron chi connectivity index (χ2n) is 2.41. The third-order valence-electron chi connectivity index (χ3n) is 1.37. The molecule has 9 heteroatoms. The van der Waals surface area contributed by atoms with Crippen molar-refractivity contribution in [2.24, 2.45) is 0 Å². The Morgan fingerprint density at radius 3 is 2.29 bits per heavy atom. The van der Waals surface area contributed by atoms with Crippen LogP contribution in [0.4, 0.5) is 13.2 Å². The summed E-state index contributed by atoms with van der Waals surface area (Å²) in [5.74, 6) is 0. The van der Waals surface area contributed by atoms with E-state index in [9.17, 15) is 21.6 Å². The van der Waals surface area contributed by atoms with Gasteiger partial charge in [-0.1, -0.05) is 0 Å². The molecule has 0 aliphatic rings. The first-order valence-electron chi connectivity index (χ1n) is 3.20. The van der Waals surface area contributed by atoms with Gasteiger partial charge in [0.05, 0.1) is 6.20 Å². The normalized spacial score (nSPS) is 13.2. The molecule has 80 valence electrons. The standard InChI is InChI=1S/C5H4F3IN2O2S/c1-3-2-10-11(4(3)9)14(12,13)5(6,7)8/h2H,1H3. The molecule has 14 heavy (non-hydrogen) atoms. The van der Waals surface area contributed by atoms with Crippen LogP contribution in [0.2, 0.25) is 0 Å². The maximum atomic E-state index is 12.1. The van der Waals surface area contributed by atoms with Crippen LogP contribution in [0.1, 0.15) is 5.56 Å². The lowest BCUT2D eigenvalue weighted by Gasteiger charge is -2.08. The van der Waals surface area contributed by atoms with E-state index in [1.54, 1.807) is 0 Å². The van der Waals surface area contributed by atoms with E-state index in [0.29, 0.717) is 5.56 Å². The van der Waals surface area contributed by atoms with Gasteiger partial charge in [-0.15, -0.1) is 4.09 Å². The molecule has 0 spiro atoms. The molecule has 0 aromatic carbocycles. The molecular weight excluding hydrogens is 336 g/mol. The Bertz CT molecular complexity index is 450. The molecule has 0 unspecified atom stereocenters. The number of rotatable bonds is 1. The van der Waals surface area contributed by atoms with Crippen LogP contribution in [-0.4, -0.2) is 23.1 Å². The molecule has 0 radical (unpaired) electrons. The Morgan fingerprint density at radius 2 is 2.00 bits per heavy atom. The number of hydrogen-bond acceptors (Lipinski definition) is 3. The Labute approximate surface area is 91.3 Å². The van der Waals surface area contributed by atoms with Crippen molar-refractivity contribution < 1.29 is 21.6 Å². The summed E-state index contributed by atoms with van der Waals surface area (Å²) in [7, 11) is -5.39. The summed E-state index contributed by atoms with van der Waals surface area (Å²) in [6.07, 6.45) is 1.06. The SMILES string of the molecule is Cc1cnn(S(=O)(=O)C(F)(F)F)c1I. The van der Waals surface area contributed by atoms with Crippen LogP contribution >= 0.6 is 22.6 Å². The van der Waals surface area contributed by atoms with Crippen molar-refractivity contribution >= 4 is 32.6 Å². The van der Waals surface area contributed by atoms with Gasteiger partial charge in [-0.05, 0) is 29.5 Å². The van der Waals surface area contributed by atoms with Gasteiger partial charge in [0.25, 0.3) is 0 Å². The van der Waals surface area contributed by atoms with Gasteiger partial charge in [0.1, 0.15) is 3.70 Å². The third-order valence-corrected chi connectivity index (χ3v) is 4.32. The average molecular weight is 340 g/mol. The molecule has 0 amide bonds. The Kier molecular flexibility index (Phi) is 2.82. The number of aromatic nitrogens is 2. The van der Waals surface area contributed by atoms with Gasteiger partial charge in [0.2, 0.25) is 0 Å². The van der Waals surface area contributed by atoms with Crippen molar-refractivity contribution in [1.82, 2.24) is 9.19 Å². The van der Waals surface area contributed by atoms with Gasteiger partial charge in [-0.25, -0.2) is 0 Å². The van der Waals surface area contributed by atoms with E-state index in [1.807, 2.05) is 0 Å². The molecule has 1 aromatic heterocycles. The fourth-order valence-electron chi connectivity index (χ4n) is 0.659. The fourth-order valence-corrected chi connectivity index (χ4v) is 2.42. The van der Waals surface area contributed by atoms with Gasteiger partial charge in [-0.2, -0.15) is 26.7 Å². The Balaban J connectivity index is 3.39. The largest absolute Gasteiger partial charge is 0.518 e. The van der Waals surface area contributed by atoms with Crippen LogP contribution in [0, 0.1) is 10.6 Å². The summed E-state index contributed by atoms with van der Waals surface area (Å²) in [5, 5.41) is 3.15. The second kappa shape index (κ2) is 3.36. The summed E-state index contributed by atoms with van der Waals surface area (Å²) in [6, 6.07) is 0. The van der Waals surface area contributed by atoms with Crippen LogP contribution in [0.3, 0.4) is 0 Å². The van der Waals surface area contributed by atoms with Crippen LogP contribution in [0.25, 0.3) is 0 Å². The number of halogens is 4. The summed E-state index contributed by atoms with van der Waals surface area (Å²) in [6.45, 7) is 1.47. The molecule has 1 aromatic rings. The number of hydrogen-bond donors (Lipinski definition) is 0. The Morgan fingerprint density at radius 1 is 1.50 bits per heavy atom. The van der Waals surface area contributed by atoms with Gasteiger partial charge >= 0.3 is 15.5 Å². The quantitative estimate of drug-likeness (QED) is 0.728. The van der Waals surface area contributed by atoms with Crippen molar-refractivity contribution in [3.05, 3.63) is 15.5 Å². The smallest absolute Gasteiger partial charge is 0.195 e. The molecule has 1 heterocycles. The lowest BCUT2D eigenvalue weighted by Crippen LogP contribution is -2.31. The number of alkyl halides is 3. The van der Waals surface area contributed by atoms with Crippen molar-refractivity contribution in [1.29, 1.82) is 0 Å². The van der Waals surface area contributed by atoms with E-state index < -0.39 is 15.5 Å². The molecule has 0 N–H and O–H groups in total. The minimum absolute atomic E-state index is 0.0249. The van der Waals surface area contributed by atoms with Gasteiger partial charge in [0, 0.05) is 5.56 Å². The van der Waals surface area contributed by atoms with Crippen molar-refractivity contribution in [2.45, 2.75) is 12.4 Å². The van der Waals surface area contributed by atoms with E-state index in [2.05, 4.69) is 5.10 Å². The third kappa shape index (κ3) is 1.74. The van der Waals surface area contributed by atoms with Crippen LogP contribution in [0.15, 0.2) is 6.20 Å². The maximum Gasteiger partial charge on any atom is 0.518 e. The summed E-state index contributed by atoms with van der Waals surface area (Å²) in [5.41, 5.74) is -4.95. The predicted molar refractivity (Wildman–Crippen MR) is 50.1 cm³/mol. The fraction of sp³-hybridized carbons (Fsp3) is 0.400. The molecule has 0 saturated heterocycles. The topological polar surface area (TPSA) is 52.0 Å². The highest BCUT2D eigenvalue weighted by Crippen LogP contribution is 2.26. The second-order valence-corrected chi connectivity index (χ2v) is 5.19. The summed E-state index contributed by atoms with van der Waals surface area (Å²) < 4.78 is 57.8. The number of aryl methyl sites for hydroxylation is 1. The van der Waals surface area contributed by atoms with Crippen molar-refractivity contribution in [3.8, 4) is 0 Å². The molecule has 0 atom stereocenters. The maximum absolute atomic E-state index is 12.1. The highest BCUT2D eigenvalue weighted by Gasteiger charge is 2.48. The first kappa shape index (κ1) is 11.8. The van der Waals surface area contributed by atoms with Crippen LogP contribution < -0.4 is 0 Å². The molecule has 1 rings (SSSR count). The van der Waals surface area contributed by atoms with E-state index in [1.165, 1.54) is 29.5 Å². The predicted octanol–water partition coefficient (Wildman–Crippen LogP) is 1.49. The first-order chi connectivity index (χ1) is 6.18. The molecule has 0 bridgehead atoms. The summed E-state index contributed by atoms with van der Waals surface area (Å²) in [4.78, 5) is 0. The minimum Gasteiger partial charge on any atom is -0.195 e. The lowest BCUT2D eigenvalue weighted by molar-refractivity contribution is -0.0450. The molecule has 4 nitrogen and oxygen atoms in total. The van der Waals surface area contributed by atoms with Crippen molar-refractivity contribution in [2.75, 3.05) is 0 Å². The van der Waals surface area contributed by atoms with Crippen LogP contribution in [-0.2, 0) is 10.0 Å². The molecule has 0 saturated carbocycles. The Hall–Kier alpha value is -0.320. The summed E-state index contributed by atoms with van der Waals surface area (Å²) >= 11 is 1.49. The first-order valence-corrected chi connectivity index (χ1v) is 5.72. The molecule has 0 aliphatic carbocycles. The van der Waals surface area contributed by atoms with Gasteiger partial charge < -0.3 is 0 Å². The lowest BCUT2D eigenvalue weighted by atomic mass is 10.4. The minimum atomic E-state index is -5.39. The molecule has 0 aliphatic heterocycles. The highest BCUT2D eigenvalue weighted by atomic mass is 127. The van der Waals surface area contributed by atoms with E-state index >= 15 is 0 Å². The van der Waals surface area contributed by atoms with Crippen LogP contribution in [0.5, 0.6) is 0 Å².